The summed E-state index contributed by atoms with van der Waals surface area (Å²) in [5.74, 6) is 0.249. The number of nitrogens with two attached hydrogens (primary N) is 2. The van der Waals surface area contributed by atoms with E-state index in [0.29, 0.717) is 5.03 Å². The zero-order chi connectivity index (χ0) is 11.4. The number of hydrogen-bond acceptors (Lipinski definition) is 6. The van der Waals surface area contributed by atoms with E-state index in [1.54, 1.807) is 6.92 Å². The second-order valence-electron chi connectivity index (χ2n) is 2.82. The van der Waals surface area contributed by atoms with Crippen molar-refractivity contribution in [1.82, 2.24) is 4.98 Å². The fourth-order valence-electron chi connectivity index (χ4n) is 0.952. The fourth-order valence-corrected chi connectivity index (χ4v) is 1.78. The van der Waals surface area contributed by atoms with Crippen molar-refractivity contribution in [2.45, 2.75) is 17.2 Å². The zero-order valence-electron chi connectivity index (χ0n) is 8.06. The molecule has 0 aromatic carbocycles. The van der Waals surface area contributed by atoms with Crippen LogP contribution in [0.2, 0.25) is 0 Å². The van der Waals surface area contributed by atoms with Crippen molar-refractivity contribution in [3.63, 3.8) is 0 Å². The van der Waals surface area contributed by atoms with Gasteiger partial charge < -0.3 is 11.5 Å². The average Bonchev–Trinajstić information content (AvgIpc) is 2.17. The van der Waals surface area contributed by atoms with Crippen molar-refractivity contribution in [3.05, 3.63) is 11.6 Å². The molecule has 4 N–H and O–H groups in total. The second kappa shape index (κ2) is 4.54. The van der Waals surface area contributed by atoms with Gasteiger partial charge in [0, 0.05) is 6.07 Å². The lowest BCUT2D eigenvalue weighted by Gasteiger charge is -2.07. The Labute approximate surface area is 91.7 Å². The van der Waals surface area contributed by atoms with E-state index in [9.17, 15) is 0 Å². The third kappa shape index (κ3) is 2.52. The molecule has 0 radical (unpaired) electrons. The average molecular weight is 219 g/mol. The normalized spacial score (nSPS) is 11.4. The molecule has 0 bridgehead atoms. The van der Waals surface area contributed by atoms with E-state index in [1.165, 1.54) is 17.8 Å². The Morgan fingerprint density at radius 1 is 1.47 bits per heavy atom. The van der Waals surface area contributed by atoms with Crippen LogP contribution in [0.3, 0.4) is 0 Å². The largest absolute Gasteiger partial charge is 0.397 e. The van der Waals surface area contributed by atoms with Crippen LogP contribution in [0.1, 0.15) is 12.5 Å². The van der Waals surface area contributed by atoms with Gasteiger partial charge in [-0.3, -0.25) is 0 Å². The maximum Gasteiger partial charge on any atom is 0.126 e. The molecule has 0 spiro atoms. The lowest BCUT2D eigenvalue weighted by atomic mass is 10.2. The Kier molecular flexibility index (Phi) is 3.37. The van der Waals surface area contributed by atoms with E-state index < -0.39 is 0 Å². The first kappa shape index (κ1) is 11.2. The van der Waals surface area contributed by atoms with Crippen molar-refractivity contribution in [3.8, 4) is 12.1 Å². The summed E-state index contributed by atoms with van der Waals surface area (Å²) in [6, 6.07) is 5.41. The van der Waals surface area contributed by atoms with Crippen molar-refractivity contribution < 1.29 is 0 Å². The van der Waals surface area contributed by atoms with Crippen LogP contribution in [-0.4, -0.2) is 10.2 Å². The molecule has 1 aromatic heterocycles. The van der Waals surface area contributed by atoms with Crippen LogP contribution in [0, 0.1) is 22.7 Å². The number of nitrogen functional groups attached to an aromatic ring is 2. The predicted octanol–water partition coefficient (Wildman–Crippen LogP) is 1.12. The molecule has 0 unspecified atom stereocenters. The molecular weight excluding hydrogens is 210 g/mol. The number of pyridine rings is 1. The van der Waals surface area contributed by atoms with Crippen LogP contribution in [0.15, 0.2) is 11.1 Å². The minimum absolute atomic E-state index is 0.249. The Hall–Kier alpha value is -1.92. The lowest BCUT2D eigenvalue weighted by Crippen LogP contribution is -2.02. The molecule has 0 fully saturated rings. The summed E-state index contributed by atoms with van der Waals surface area (Å²) in [6.45, 7) is 1.72. The first-order valence-corrected chi connectivity index (χ1v) is 4.98. The highest BCUT2D eigenvalue weighted by Gasteiger charge is 2.13. The number of nitrogens with zero attached hydrogens (tertiary/aromatic N) is 3. The van der Waals surface area contributed by atoms with E-state index in [0.717, 1.165) is 0 Å². The summed E-state index contributed by atoms with van der Waals surface area (Å²) >= 11 is 1.17. The molecule has 0 amide bonds. The molecule has 0 aliphatic rings. The van der Waals surface area contributed by atoms with E-state index in [2.05, 4.69) is 4.98 Å². The van der Waals surface area contributed by atoms with Gasteiger partial charge in [0.1, 0.15) is 22.5 Å². The number of thioether (sulfide) groups is 1. The SMILES string of the molecule is C[C@@H](C#N)Sc1nc(N)cc(N)c1C#N. The van der Waals surface area contributed by atoms with Crippen molar-refractivity contribution >= 4 is 23.3 Å². The van der Waals surface area contributed by atoms with E-state index in [-0.39, 0.29) is 22.3 Å². The quantitative estimate of drug-likeness (QED) is 0.721. The maximum atomic E-state index is 8.87. The van der Waals surface area contributed by atoms with E-state index in [1.807, 2.05) is 12.1 Å². The van der Waals surface area contributed by atoms with Gasteiger partial charge in [-0.1, -0.05) is 11.8 Å². The number of anilines is 2. The Morgan fingerprint density at radius 3 is 2.67 bits per heavy atom. The van der Waals surface area contributed by atoms with Gasteiger partial charge in [-0.15, -0.1) is 0 Å². The molecule has 6 heteroatoms. The summed E-state index contributed by atoms with van der Waals surface area (Å²) in [4.78, 5) is 3.98. The minimum atomic E-state index is -0.300. The van der Waals surface area contributed by atoms with E-state index >= 15 is 0 Å². The fraction of sp³-hybridized carbons (Fsp3) is 0.222. The van der Waals surface area contributed by atoms with Crippen LogP contribution in [0.25, 0.3) is 0 Å². The van der Waals surface area contributed by atoms with Gasteiger partial charge in [0.15, 0.2) is 0 Å². The second-order valence-corrected chi connectivity index (χ2v) is 4.15. The van der Waals surface area contributed by atoms with Crippen LogP contribution in [-0.2, 0) is 0 Å². The van der Waals surface area contributed by atoms with Crippen molar-refractivity contribution in [2.24, 2.45) is 0 Å². The van der Waals surface area contributed by atoms with Gasteiger partial charge in [-0.25, -0.2) is 4.98 Å². The van der Waals surface area contributed by atoms with Gasteiger partial charge >= 0.3 is 0 Å². The monoisotopic (exact) mass is 219 g/mol. The molecule has 0 saturated heterocycles. The number of nitriles is 2. The Morgan fingerprint density at radius 2 is 2.13 bits per heavy atom. The molecule has 1 heterocycles. The third-order valence-electron chi connectivity index (χ3n) is 1.62. The van der Waals surface area contributed by atoms with Gasteiger partial charge in [0.05, 0.1) is 17.0 Å². The number of rotatable bonds is 2. The summed E-state index contributed by atoms with van der Waals surface area (Å²) < 4.78 is 0. The smallest absolute Gasteiger partial charge is 0.126 e. The summed E-state index contributed by atoms with van der Waals surface area (Å²) in [6.07, 6.45) is 0. The number of aromatic nitrogens is 1. The molecule has 1 rings (SSSR count). The predicted molar refractivity (Wildman–Crippen MR) is 58.7 cm³/mol. The molecule has 1 aromatic rings. The van der Waals surface area contributed by atoms with Gasteiger partial charge in [-0.05, 0) is 6.92 Å². The van der Waals surface area contributed by atoms with E-state index in [4.69, 9.17) is 22.0 Å². The minimum Gasteiger partial charge on any atom is -0.397 e. The summed E-state index contributed by atoms with van der Waals surface area (Å²) in [5, 5.41) is 17.6. The third-order valence-corrected chi connectivity index (χ3v) is 2.60. The Bertz CT molecular complexity index is 457. The molecular formula is C9H9N5S. The summed E-state index contributed by atoms with van der Waals surface area (Å²) in [5.41, 5.74) is 11.7. The standard InChI is InChI=1S/C9H9N5S/c1-5(3-10)15-9-6(4-11)7(12)2-8(13)14-9/h2,5H,1H3,(H4,12,13,14)/t5-/m0/s1. The van der Waals surface area contributed by atoms with Crippen LogP contribution >= 0.6 is 11.8 Å². The molecule has 5 nitrogen and oxygen atoms in total. The lowest BCUT2D eigenvalue weighted by molar-refractivity contribution is 1.11. The Balaban J connectivity index is 3.18. The van der Waals surface area contributed by atoms with Crippen LogP contribution in [0.4, 0.5) is 11.5 Å². The highest BCUT2D eigenvalue weighted by Crippen LogP contribution is 2.28. The van der Waals surface area contributed by atoms with Crippen molar-refractivity contribution in [2.75, 3.05) is 11.5 Å². The van der Waals surface area contributed by atoms with Gasteiger partial charge in [-0.2, -0.15) is 10.5 Å². The molecule has 1 atom stereocenters. The highest BCUT2D eigenvalue weighted by atomic mass is 32.2. The maximum absolute atomic E-state index is 8.87. The first-order valence-electron chi connectivity index (χ1n) is 4.10. The molecule has 0 aliphatic heterocycles. The van der Waals surface area contributed by atoms with Crippen LogP contribution in [0.5, 0.6) is 0 Å². The highest BCUT2D eigenvalue weighted by molar-refractivity contribution is 8.00. The molecule has 76 valence electrons. The van der Waals surface area contributed by atoms with Gasteiger partial charge in [0.25, 0.3) is 0 Å². The number of hydrogen-bond donors (Lipinski definition) is 2. The van der Waals surface area contributed by atoms with Gasteiger partial charge in [0.2, 0.25) is 0 Å². The summed E-state index contributed by atoms with van der Waals surface area (Å²) in [7, 11) is 0. The molecule has 0 saturated carbocycles. The topological polar surface area (TPSA) is 113 Å². The first-order chi connectivity index (χ1) is 7.08. The zero-order valence-corrected chi connectivity index (χ0v) is 8.88. The molecule has 15 heavy (non-hydrogen) atoms. The molecule has 0 aliphatic carbocycles. The van der Waals surface area contributed by atoms with Crippen molar-refractivity contribution in [1.29, 1.82) is 10.5 Å². The van der Waals surface area contributed by atoms with Crippen LogP contribution < -0.4 is 11.5 Å².